The highest BCUT2D eigenvalue weighted by Gasteiger charge is 2.31. The van der Waals surface area contributed by atoms with E-state index in [1.54, 1.807) is 52.2 Å². The van der Waals surface area contributed by atoms with E-state index in [2.05, 4.69) is 87.8 Å². The predicted molar refractivity (Wildman–Crippen MR) is 575 cm³/mol. The summed E-state index contributed by atoms with van der Waals surface area (Å²) in [6.45, 7) is -41.9. The van der Waals surface area contributed by atoms with Crippen molar-refractivity contribution in [2.75, 3.05) is 310 Å². The van der Waals surface area contributed by atoms with E-state index in [1.165, 1.54) is 24.5 Å². The molecular weight excluding hydrogens is 2050 g/mol. The van der Waals surface area contributed by atoms with Gasteiger partial charge in [-0.05, 0) is 145 Å². The van der Waals surface area contributed by atoms with E-state index in [4.69, 9.17) is 143 Å². The van der Waals surface area contributed by atoms with Crippen LogP contribution in [0.2, 0.25) is 0 Å². The number of hydrogen-bond donors (Lipinski definition) is 14. The first kappa shape index (κ1) is 65.9. The maximum Gasteiger partial charge on any atom is 0.270 e. The van der Waals surface area contributed by atoms with Crippen molar-refractivity contribution in [3.8, 4) is 41.2 Å². The van der Waals surface area contributed by atoms with E-state index in [-0.39, 0.29) is 167 Å². The molecule has 0 unspecified atom stereocenters. The molecule has 7 aromatic rings. The third kappa shape index (κ3) is 52.2. The number of aromatic nitrogens is 14. The summed E-state index contributed by atoms with van der Waals surface area (Å²) in [4.78, 5) is 7.57. The Labute approximate surface area is 974 Å². The zero-order chi connectivity index (χ0) is 157. The zero-order valence-corrected chi connectivity index (χ0v) is 89.1. The summed E-state index contributed by atoms with van der Waals surface area (Å²) in [5, 5.41) is 89.7. The molecule has 7 aromatic heterocycles. The van der Waals surface area contributed by atoms with Crippen molar-refractivity contribution < 1.29 is 179 Å². The van der Waals surface area contributed by atoms with E-state index in [0.29, 0.717) is 77.1 Å². The van der Waals surface area contributed by atoms with Crippen LogP contribution in [0.5, 0.6) is 41.2 Å². The lowest BCUT2D eigenvalue weighted by molar-refractivity contribution is 0.0974. The van der Waals surface area contributed by atoms with Gasteiger partial charge in [0.25, 0.3) is 41.2 Å². The fourth-order valence-corrected chi connectivity index (χ4v) is 13.4. The number of β-amino-alcohol motifs (C(OH)–C–C–N with tert-alkyl or cyclic N) is 7. The molecular formula is C91H168N28O21S7. The molecule has 56 heteroatoms. The lowest BCUT2D eigenvalue weighted by atomic mass is 10.1. The van der Waals surface area contributed by atoms with Crippen molar-refractivity contribution >= 4 is 123 Å². The van der Waals surface area contributed by atoms with E-state index < -0.39 is 293 Å². The molecule has 7 aliphatic heterocycles. The average Bonchev–Trinajstić information content (AvgIpc) is 1.26. The highest BCUT2D eigenvalue weighted by atomic mass is 32.1. The molecule has 0 bridgehead atoms. The molecule has 147 heavy (non-hydrogen) atoms. The normalized spacial score (nSPS) is 30.0. The molecule has 0 aromatic carbocycles. The maximum absolute atomic E-state index is 10.6. The summed E-state index contributed by atoms with van der Waals surface area (Å²) in [7, 11) is 0. The van der Waals surface area contributed by atoms with Gasteiger partial charge in [0, 0.05) is 201 Å². The third-order valence-corrected chi connectivity index (χ3v) is 20.2. The fraction of sp³-hybridized carbons (Fsp3) is 0.846. The highest BCUT2D eigenvalue weighted by molar-refractivity contribution is 7.01. The number of rotatable bonds is 42. The molecule has 7 saturated heterocycles. The second-order valence-electron chi connectivity index (χ2n) is 35.8. The van der Waals surface area contributed by atoms with Gasteiger partial charge < -0.3 is 174 Å². The van der Waals surface area contributed by atoms with E-state index in [0.717, 1.165) is 35.2 Å². The number of aliphatic hydroxyl groups excluding tert-OH is 3. The van der Waals surface area contributed by atoms with Crippen LogP contribution in [0.4, 0.5) is 40.7 Å². The topological polar surface area (TPSA) is 558 Å². The van der Waals surface area contributed by atoms with Crippen molar-refractivity contribution in [3.05, 3.63) is 0 Å². The Morgan fingerprint density at radius 1 is 0.272 bits per heavy atom. The van der Waals surface area contributed by atoms with Crippen LogP contribution in [0.1, 0.15) is 222 Å². The lowest BCUT2D eigenvalue weighted by Gasteiger charge is -2.27. The van der Waals surface area contributed by atoms with Crippen LogP contribution in [-0.2, 0) is 33.2 Å². The molecule has 7 fully saturated rings. The van der Waals surface area contributed by atoms with Crippen LogP contribution in [0.3, 0.4) is 0 Å². The Bertz CT molecular complexity index is 7220. The number of nitrogens with one attached hydrogen (secondary N) is 7. The highest BCUT2D eigenvalue weighted by Crippen LogP contribution is 2.34. The van der Waals surface area contributed by atoms with Crippen LogP contribution < -0.4 is 105 Å². The molecule has 840 valence electrons. The van der Waals surface area contributed by atoms with Gasteiger partial charge in [-0.1, -0.05) is 0 Å². The number of hydrogen-bond acceptors (Lipinski definition) is 56. The smallest absolute Gasteiger partial charge is 0.270 e. The fourth-order valence-electron chi connectivity index (χ4n) is 9.83. The summed E-state index contributed by atoms with van der Waals surface area (Å²) in [5.74, 6) is -2.61. The SMILES string of the molecule is [2H]C1([2H])CN(c2nsnc2OC([2H])([2H])[C@@H](O)CNC(C)(C)C)CC([2H])([2H])O1.[2H]C1([2H])CN(c2nsnc2OC([2H])([2H])[C@@]([2H])(O)CNC(C)(C)C)CC([2H])([2H])O1.[2H]C1([2H])CN(c2nsnc2OC[C@@H](O)C([2H])([2H])NC(C)(C)C)CC([2H])([2H])O1.[2H]C1([2H])CN(c2nsnc2OC[C@@H](O)CNC(C)(C)C)CC([2H])([2H])O1.[2H]C1([2H])CN(c2nsnc2OC[C@@]([2H])(O)CNC(C)(C)C)CC([2H])([2H])O1.[2H]C1([2H])COCC([2H])([2H])N1c1nsnc1OC([2H])([2H])[C@@]([2H])(O)C([2H])([2H])NC(C)(C([2H])([2H])[2H])C([2H])([2H])[2H].[2H]C1([2H])COCC([2H])([2H])N1c1nsnc1OC[C@@]([2H])(O)C([2H])([2H])NC(C)(C([2H])([2H])[2H])C([2H])([2H])[2H]. The predicted octanol–water partition coefficient (Wildman–Crippen LogP) is 3.52. The molecule has 14 N–H and O–H groups in total. The minimum Gasteiger partial charge on any atom is -0.472 e. The Hall–Kier alpha value is -6.72. The van der Waals surface area contributed by atoms with Gasteiger partial charge in [0.2, 0.25) is 40.7 Å². The van der Waals surface area contributed by atoms with Gasteiger partial charge in [-0.2, -0.15) is 30.6 Å². The molecule has 0 aliphatic carbocycles. The number of ether oxygens (including phenoxy) is 14. The van der Waals surface area contributed by atoms with Crippen molar-refractivity contribution in [1.82, 2.24) is 98.4 Å². The van der Waals surface area contributed by atoms with Gasteiger partial charge >= 0.3 is 0 Å². The van der Waals surface area contributed by atoms with E-state index in [1.807, 2.05) is 62.3 Å². The third-order valence-electron chi connectivity index (χ3n) is 16.7. The monoisotopic (exact) mass is 2270 g/mol. The standard InChI is InChI=1S/7C13H24N4O3S/c7*1-13(2,3)14-8-10(18)9-20-12-11(15-21-16-12)17-4-6-19-7-5-17/h7*10,14,18H,4-9H2,1-3H3/t7*10-/m0000000/s1/i1D3,2D3,4D2,5D2,8D2,9D2,10D;1D3,2D3,4D2,5D2,8D2,10D;6D2,7D2,9D2,10D;6D2,7D2,10D;6D2,7D2,9D2;6D2,7D2,8D2;6D2,7D2. The van der Waals surface area contributed by atoms with Gasteiger partial charge in [-0.3, -0.25) is 0 Å². The Morgan fingerprint density at radius 3 is 0.816 bits per heavy atom. The molecule has 0 radical (unpaired) electrons. The molecule has 14 heterocycles. The molecule has 7 atom stereocenters. The second kappa shape index (κ2) is 64.4. The number of morpholine rings is 7. The summed E-state index contributed by atoms with van der Waals surface area (Å²) in [6, 6.07) is 0. The average molecular weight is 2270 g/mol. The van der Waals surface area contributed by atoms with Crippen LogP contribution in [0.15, 0.2) is 0 Å². The van der Waals surface area contributed by atoms with Gasteiger partial charge in [-0.25, -0.2) is 0 Å². The van der Waals surface area contributed by atoms with Gasteiger partial charge in [0.1, 0.15) is 88.7 Å². The minimum absolute atomic E-state index is 0.00379. The molecule has 0 amide bonds. The van der Waals surface area contributed by atoms with Crippen molar-refractivity contribution in [1.29, 1.82) is 0 Å². The van der Waals surface area contributed by atoms with E-state index >= 15 is 0 Å². The summed E-state index contributed by atoms with van der Waals surface area (Å²) >= 11 is 4.67. The van der Waals surface area contributed by atoms with Crippen LogP contribution >= 0.6 is 82.1 Å². The first-order valence-corrected chi connectivity index (χ1v) is 49.2. The first-order valence-electron chi connectivity index (χ1n) is 72.1. The zero-order valence-electron chi connectivity index (χ0n) is 139. The van der Waals surface area contributed by atoms with Gasteiger partial charge in [0.05, 0.1) is 226 Å². The minimum atomic E-state index is -4.05. The Balaban J connectivity index is 0.000000283. The number of aliphatic hydroxyl groups is 7. The summed E-state index contributed by atoms with van der Waals surface area (Å²) in [6.07, 6.45) is -15.7. The quantitative estimate of drug-likeness (QED) is 0.0260. The Morgan fingerprint density at radius 2 is 0.510 bits per heavy atom. The molecule has 0 spiro atoms. The van der Waals surface area contributed by atoms with Gasteiger partial charge in [0.15, 0.2) is 0 Å². The van der Waals surface area contributed by atoms with Crippen molar-refractivity contribution in [3.63, 3.8) is 0 Å². The van der Waals surface area contributed by atoms with Crippen LogP contribution in [0, 0.1) is 0 Å². The second-order valence-corrected chi connectivity index (χ2v) is 39.5. The van der Waals surface area contributed by atoms with Crippen LogP contribution in [0.25, 0.3) is 0 Å². The lowest BCUT2D eigenvalue weighted by Crippen LogP contribution is -2.42. The molecule has 49 nitrogen and oxygen atoms in total. The van der Waals surface area contributed by atoms with Crippen molar-refractivity contribution in [2.45, 2.75) is 227 Å². The number of anilines is 7. The van der Waals surface area contributed by atoms with Crippen LogP contribution in [-0.4, -0.2) is 454 Å². The largest absolute Gasteiger partial charge is 0.472 e. The molecule has 0 saturated carbocycles. The van der Waals surface area contributed by atoms with Crippen molar-refractivity contribution in [2.24, 2.45) is 0 Å². The summed E-state index contributed by atoms with van der Waals surface area (Å²) < 4.78 is 561. The molecule has 7 aliphatic rings. The van der Waals surface area contributed by atoms with Gasteiger partial charge in [-0.15, -0.1) is 30.6 Å². The summed E-state index contributed by atoms with van der Waals surface area (Å²) in [5.41, 5.74) is -7.66. The maximum atomic E-state index is 10.6. The first-order chi connectivity index (χ1) is 90.4. The Kier molecular flexibility index (Phi) is 28.9. The number of nitrogens with zero attached hydrogens (tertiary/aromatic N) is 21. The molecule has 14 rings (SSSR count). The van der Waals surface area contributed by atoms with E-state index in [9.17, 15) is 35.7 Å².